The Kier molecular flexibility index (Phi) is 3.21. The second-order valence-corrected chi connectivity index (χ2v) is 5.03. The van der Waals surface area contributed by atoms with Gasteiger partial charge < -0.3 is 9.84 Å². The number of nitrogens with zero attached hydrogens (tertiary/aromatic N) is 4. The van der Waals surface area contributed by atoms with E-state index in [1.165, 1.54) is 0 Å². The van der Waals surface area contributed by atoms with E-state index >= 15 is 0 Å². The quantitative estimate of drug-likeness (QED) is 0.870. The fourth-order valence-corrected chi connectivity index (χ4v) is 1.85. The summed E-state index contributed by atoms with van der Waals surface area (Å²) in [4.78, 5) is 16.2. The van der Waals surface area contributed by atoms with Gasteiger partial charge in [-0.3, -0.25) is 4.79 Å². The number of rotatable bonds is 5. The molecule has 8 heteroatoms. The number of aryl methyl sites for hydroxylation is 1. The molecule has 1 aliphatic rings. The van der Waals surface area contributed by atoms with Crippen LogP contribution in [0.25, 0.3) is 0 Å². The van der Waals surface area contributed by atoms with Gasteiger partial charge in [-0.1, -0.05) is 15.5 Å². The molecule has 8 nitrogen and oxygen atoms in total. The second kappa shape index (κ2) is 5.03. The van der Waals surface area contributed by atoms with Crippen LogP contribution in [0.2, 0.25) is 0 Å². The number of carbonyl (C=O) groups is 1. The van der Waals surface area contributed by atoms with E-state index in [0.29, 0.717) is 23.2 Å². The van der Waals surface area contributed by atoms with Gasteiger partial charge in [-0.2, -0.15) is 4.98 Å². The smallest absolute Gasteiger partial charge is 0.248 e. The van der Waals surface area contributed by atoms with Gasteiger partial charge in [0.2, 0.25) is 11.8 Å². The number of nitrogens with one attached hydrogen (secondary N) is 1. The highest BCUT2D eigenvalue weighted by atomic mass is 16.6. The monoisotopic (exact) mass is 277 g/mol. The molecule has 3 rings (SSSR count). The Labute approximate surface area is 114 Å². The Morgan fingerprint density at radius 1 is 1.40 bits per heavy atom. The van der Waals surface area contributed by atoms with Gasteiger partial charge >= 0.3 is 0 Å². The SMILES string of the molecule is Cc1nonc1CC(=O)N[C@H](C)c1nc(C2CC2)no1. The topological polar surface area (TPSA) is 107 Å². The summed E-state index contributed by atoms with van der Waals surface area (Å²) in [6.07, 6.45) is 2.33. The highest BCUT2D eigenvalue weighted by Crippen LogP contribution is 2.38. The molecule has 0 bridgehead atoms. The lowest BCUT2D eigenvalue weighted by atomic mass is 10.2. The molecule has 2 aromatic rings. The number of carbonyl (C=O) groups excluding carboxylic acids is 1. The van der Waals surface area contributed by atoms with Crippen LogP contribution in [0.15, 0.2) is 9.15 Å². The summed E-state index contributed by atoms with van der Waals surface area (Å²) in [5.41, 5.74) is 1.14. The lowest BCUT2D eigenvalue weighted by Gasteiger charge is -2.08. The van der Waals surface area contributed by atoms with Crippen LogP contribution in [0.1, 0.15) is 54.8 Å². The van der Waals surface area contributed by atoms with E-state index in [4.69, 9.17) is 4.52 Å². The Morgan fingerprint density at radius 3 is 2.85 bits per heavy atom. The fourth-order valence-electron chi connectivity index (χ4n) is 1.85. The summed E-state index contributed by atoms with van der Waals surface area (Å²) < 4.78 is 9.72. The van der Waals surface area contributed by atoms with Crippen LogP contribution in [0, 0.1) is 6.92 Å². The maximum Gasteiger partial charge on any atom is 0.248 e. The van der Waals surface area contributed by atoms with Gasteiger partial charge in [0, 0.05) is 5.92 Å². The Morgan fingerprint density at radius 2 is 2.20 bits per heavy atom. The lowest BCUT2D eigenvalue weighted by Crippen LogP contribution is -2.28. The first-order chi connectivity index (χ1) is 9.63. The standard InChI is InChI=1S/C12H15N5O3/c1-6-9(16-20-15-6)5-10(18)13-7(2)12-14-11(17-19-12)8-3-4-8/h7-8H,3-5H2,1-2H3,(H,13,18)/t7-/m1/s1. The predicted molar refractivity (Wildman–Crippen MR) is 65.6 cm³/mol. The Bertz CT molecular complexity index is 616. The molecular formula is C12H15N5O3. The molecule has 106 valence electrons. The van der Waals surface area contributed by atoms with Gasteiger partial charge in [0.1, 0.15) is 17.4 Å². The summed E-state index contributed by atoms with van der Waals surface area (Å²) in [5, 5.41) is 14.0. The van der Waals surface area contributed by atoms with Crippen LogP contribution in [0.4, 0.5) is 0 Å². The first-order valence-corrected chi connectivity index (χ1v) is 6.54. The van der Waals surface area contributed by atoms with Crippen LogP contribution < -0.4 is 5.32 Å². The Balaban J connectivity index is 1.58. The van der Waals surface area contributed by atoms with Gasteiger partial charge in [0.05, 0.1) is 6.42 Å². The van der Waals surface area contributed by atoms with Crippen molar-refractivity contribution >= 4 is 5.91 Å². The molecule has 0 aromatic carbocycles. The van der Waals surface area contributed by atoms with Crippen molar-refractivity contribution in [2.75, 3.05) is 0 Å². The summed E-state index contributed by atoms with van der Waals surface area (Å²) in [6.45, 7) is 3.54. The van der Waals surface area contributed by atoms with Gasteiger partial charge in [-0.25, -0.2) is 4.63 Å². The molecule has 1 fully saturated rings. The van der Waals surface area contributed by atoms with Crippen molar-refractivity contribution < 1.29 is 13.9 Å². The first-order valence-electron chi connectivity index (χ1n) is 6.54. The summed E-state index contributed by atoms with van der Waals surface area (Å²) >= 11 is 0. The molecule has 0 radical (unpaired) electrons. The van der Waals surface area contributed by atoms with Crippen molar-refractivity contribution in [3.8, 4) is 0 Å². The summed E-state index contributed by atoms with van der Waals surface area (Å²) in [7, 11) is 0. The van der Waals surface area contributed by atoms with Crippen LogP contribution in [0.5, 0.6) is 0 Å². The third-order valence-corrected chi connectivity index (χ3v) is 3.22. The van der Waals surface area contributed by atoms with E-state index < -0.39 is 0 Å². The molecule has 1 amide bonds. The average molecular weight is 277 g/mol. The van der Waals surface area contributed by atoms with Crippen LogP contribution in [-0.4, -0.2) is 26.4 Å². The number of amides is 1. The molecule has 0 spiro atoms. The van der Waals surface area contributed by atoms with Crippen molar-refractivity contribution in [3.05, 3.63) is 23.1 Å². The maximum absolute atomic E-state index is 11.9. The van der Waals surface area contributed by atoms with E-state index in [0.717, 1.165) is 18.7 Å². The molecular weight excluding hydrogens is 262 g/mol. The van der Waals surface area contributed by atoms with Gasteiger partial charge in [0.25, 0.3) is 0 Å². The minimum absolute atomic E-state index is 0.114. The number of hydrogen-bond acceptors (Lipinski definition) is 7. The maximum atomic E-state index is 11.9. The third kappa shape index (κ3) is 2.68. The molecule has 0 unspecified atom stereocenters. The molecule has 1 N–H and O–H groups in total. The lowest BCUT2D eigenvalue weighted by molar-refractivity contribution is -0.121. The zero-order chi connectivity index (χ0) is 14.1. The van der Waals surface area contributed by atoms with E-state index in [-0.39, 0.29) is 18.4 Å². The van der Waals surface area contributed by atoms with E-state index in [1.807, 2.05) is 0 Å². The third-order valence-electron chi connectivity index (χ3n) is 3.22. The molecule has 1 aliphatic carbocycles. The molecule has 1 atom stereocenters. The fraction of sp³-hybridized carbons (Fsp3) is 0.583. The minimum atomic E-state index is -0.331. The van der Waals surface area contributed by atoms with Crippen molar-refractivity contribution in [1.82, 2.24) is 25.8 Å². The van der Waals surface area contributed by atoms with Crippen LogP contribution >= 0.6 is 0 Å². The number of aromatic nitrogens is 4. The zero-order valence-corrected chi connectivity index (χ0v) is 11.3. The van der Waals surface area contributed by atoms with E-state index in [1.54, 1.807) is 13.8 Å². The second-order valence-electron chi connectivity index (χ2n) is 5.03. The van der Waals surface area contributed by atoms with Crippen molar-refractivity contribution in [1.29, 1.82) is 0 Å². The molecule has 2 heterocycles. The normalized spacial score (nSPS) is 16.1. The predicted octanol–water partition coefficient (Wildman–Crippen LogP) is 1.06. The zero-order valence-electron chi connectivity index (χ0n) is 11.3. The van der Waals surface area contributed by atoms with Gasteiger partial charge in [-0.05, 0) is 26.7 Å². The Hall–Kier alpha value is -2.25. The highest BCUT2D eigenvalue weighted by molar-refractivity contribution is 5.78. The van der Waals surface area contributed by atoms with Crippen molar-refractivity contribution in [2.45, 2.75) is 45.1 Å². The van der Waals surface area contributed by atoms with Crippen molar-refractivity contribution in [2.24, 2.45) is 0 Å². The average Bonchev–Trinajstić information content (AvgIpc) is 3.00. The van der Waals surface area contributed by atoms with Gasteiger partial charge in [-0.15, -0.1) is 0 Å². The van der Waals surface area contributed by atoms with Crippen molar-refractivity contribution in [3.63, 3.8) is 0 Å². The molecule has 20 heavy (non-hydrogen) atoms. The molecule has 0 saturated heterocycles. The van der Waals surface area contributed by atoms with Crippen LogP contribution in [-0.2, 0) is 11.2 Å². The van der Waals surface area contributed by atoms with E-state index in [2.05, 4.69) is 30.4 Å². The molecule has 2 aromatic heterocycles. The molecule has 0 aliphatic heterocycles. The largest absolute Gasteiger partial charge is 0.344 e. The number of hydrogen-bond donors (Lipinski definition) is 1. The summed E-state index contributed by atoms with van der Waals surface area (Å²) in [6, 6.07) is -0.331. The summed E-state index contributed by atoms with van der Waals surface area (Å²) in [5.74, 6) is 1.40. The highest BCUT2D eigenvalue weighted by Gasteiger charge is 2.29. The first kappa shape index (κ1) is 12.8. The molecule has 1 saturated carbocycles. The van der Waals surface area contributed by atoms with E-state index in [9.17, 15) is 4.79 Å². The van der Waals surface area contributed by atoms with Gasteiger partial charge in [0.15, 0.2) is 5.82 Å². The van der Waals surface area contributed by atoms with Crippen LogP contribution in [0.3, 0.4) is 0 Å². The minimum Gasteiger partial charge on any atom is -0.344 e.